The summed E-state index contributed by atoms with van der Waals surface area (Å²) in [7, 11) is 0. The van der Waals surface area contributed by atoms with Gasteiger partial charge in [-0.25, -0.2) is 9.59 Å². The van der Waals surface area contributed by atoms with Crippen LogP contribution >= 0.6 is 0 Å². The average molecular weight is 279 g/mol. The molecule has 1 aliphatic rings. The van der Waals surface area contributed by atoms with Crippen LogP contribution in [0.2, 0.25) is 0 Å². The Balaban J connectivity index is 1.93. The standard InChI is InChI=1S/C13H13NO6/c15-11(16)9-6-14(10(9)12(17)18)13(19)20-7-8-4-2-1-3-5-8/h1-5,9-10H,6-7H2,(H,15,16)(H,17,18)/t9-,10+/m1/s1. The molecule has 7 heteroatoms. The van der Waals surface area contributed by atoms with Gasteiger partial charge in [-0.05, 0) is 5.56 Å². The van der Waals surface area contributed by atoms with Crippen LogP contribution in [0.1, 0.15) is 5.56 Å². The van der Waals surface area contributed by atoms with Crippen molar-refractivity contribution in [2.24, 2.45) is 5.92 Å². The fourth-order valence-electron chi connectivity index (χ4n) is 2.01. The second-order valence-electron chi connectivity index (χ2n) is 4.42. The van der Waals surface area contributed by atoms with Crippen molar-refractivity contribution in [3.8, 4) is 0 Å². The zero-order chi connectivity index (χ0) is 14.7. The van der Waals surface area contributed by atoms with Crippen LogP contribution in [0, 0.1) is 5.92 Å². The number of amides is 1. The Morgan fingerprint density at radius 1 is 1.15 bits per heavy atom. The van der Waals surface area contributed by atoms with Crippen LogP contribution < -0.4 is 0 Å². The van der Waals surface area contributed by atoms with Gasteiger partial charge >= 0.3 is 18.0 Å². The molecule has 0 bridgehead atoms. The van der Waals surface area contributed by atoms with Gasteiger partial charge in [0.15, 0.2) is 0 Å². The van der Waals surface area contributed by atoms with Gasteiger partial charge < -0.3 is 14.9 Å². The largest absolute Gasteiger partial charge is 0.481 e. The van der Waals surface area contributed by atoms with Gasteiger partial charge in [0, 0.05) is 6.54 Å². The second kappa shape index (κ2) is 5.60. The lowest BCUT2D eigenvalue weighted by Gasteiger charge is -2.41. The molecule has 0 aromatic heterocycles. The highest BCUT2D eigenvalue weighted by atomic mass is 16.6. The maximum absolute atomic E-state index is 11.7. The molecule has 2 atom stereocenters. The number of hydrogen-bond donors (Lipinski definition) is 2. The fourth-order valence-corrected chi connectivity index (χ4v) is 2.01. The molecule has 2 N–H and O–H groups in total. The first-order chi connectivity index (χ1) is 9.50. The number of carboxylic acid groups (broad SMARTS) is 2. The summed E-state index contributed by atoms with van der Waals surface area (Å²) in [6.45, 7) is -0.139. The number of ether oxygens (including phenoxy) is 1. The van der Waals surface area contributed by atoms with Crippen molar-refractivity contribution in [1.29, 1.82) is 0 Å². The van der Waals surface area contributed by atoms with Crippen molar-refractivity contribution >= 4 is 18.0 Å². The van der Waals surface area contributed by atoms with Crippen molar-refractivity contribution in [3.05, 3.63) is 35.9 Å². The van der Waals surface area contributed by atoms with Gasteiger partial charge in [-0.2, -0.15) is 0 Å². The third-order valence-electron chi connectivity index (χ3n) is 3.12. The summed E-state index contributed by atoms with van der Waals surface area (Å²) < 4.78 is 4.97. The van der Waals surface area contributed by atoms with Gasteiger partial charge in [0.1, 0.15) is 18.6 Å². The third kappa shape index (κ3) is 2.71. The van der Waals surface area contributed by atoms with E-state index in [1.165, 1.54) is 0 Å². The summed E-state index contributed by atoms with van der Waals surface area (Å²) in [5, 5.41) is 17.8. The molecule has 0 aliphatic carbocycles. The monoisotopic (exact) mass is 279 g/mol. The Bertz CT molecular complexity index is 529. The van der Waals surface area contributed by atoms with Crippen LogP contribution in [-0.2, 0) is 20.9 Å². The molecule has 0 saturated carbocycles. The summed E-state index contributed by atoms with van der Waals surface area (Å²) in [6.07, 6.45) is -0.821. The lowest BCUT2D eigenvalue weighted by molar-refractivity contribution is -0.164. The normalized spacial score (nSPS) is 20.9. The summed E-state index contributed by atoms with van der Waals surface area (Å²) in [6, 6.07) is 7.55. The predicted molar refractivity (Wildman–Crippen MR) is 65.9 cm³/mol. The molecule has 1 aliphatic heterocycles. The van der Waals surface area contributed by atoms with E-state index in [0.29, 0.717) is 0 Å². The Morgan fingerprint density at radius 2 is 1.80 bits per heavy atom. The minimum atomic E-state index is -1.37. The smallest absolute Gasteiger partial charge is 0.410 e. The van der Waals surface area contributed by atoms with Gasteiger partial charge in [0.2, 0.25) is 0 Å². The number of nitrogens with zero attached hydrogens (tertiary/aromatic N) is 1. The Kier molecular flexibility index (Phi) is 3.88. The van der Waals surface area contributed by atoms with Gasteiger partial charge in [0.05, 0.1) is 0 Å². The van der Waals surface area contributed by atoms with E-state index >= 15 is 0 Å². The van der Waals surface area contributed by atoms with Crippen LogP contribution in [0.25, 0.3) is 0 Å². The van der Waals surface area contributed by atoms with Crippen molar-refractivity contribution < 1.29 is 29.3 Å². The van der Waals surface area contributed by atoms with Crippen LogP contribution in [0.15, 0.2) is 30.3 Å². The molecule has 0 radical (unpaired) electrons. The number of likely N-dealkylation sites (tertiary alicyclic amines) is 1. The van der Waals surface area contributed by atoms with Crippen molar-refractivity contribution in [1.82, 2.24) is 4.90 Å². The van der Waals surface area contributed by atoms with Crippen LogP contribution in [0.5, 0.6) is 0 Å². The van der Waals surface area contributed by atoms with E-state index in [-0.39, 0.29) is 13.2 Å². The molecule has 1 saturated heterocycles. The lowest BCUT2D eigenvalue weighted by Crippen LogP contribution is -2.64. The number of benzene rings is 1. The maximum Gasteiger partial charge on any atom is 0.410 e. The molecule has 106 valence electrons. The molecule has 1 fully saturated rings. The highest BCUT2D eigenvalue weighted by molar-refractivity contribution is 5.89. The zero-order valence-electron chi connectivity index (χ0n) is 10.4. The summed E-state index contributed by atoms with van der Waals surface area (Å²) in [5.74, 6) is -3.67. The molecule has 0 spiro atoms. The van der Waals surface area contributed by atoms with Crippen molar-refractivity contribution in [2.75, 3.05) is 6.54 Å². The first kappa shape index (κ1) is 13.9. The van der Waals surface area contributed by atoms with E-state index in [2.05, 4.69) is 0 Å². The van der Waals surface area contributed by atoms with Gasteiger partial charge in [-0.3, -0.25) is 9.69 Å². The molecular formula is C13H13NO6. The molecule has 7 nitrogen and oxygen atoms in total. The number of hydrogen-bond acceptors (Lipinski definition) is 4. The number of rotatable bonds is 4. The van der Waals surface area contributed by atoms with E-state index in [9.17, 15) is 14.4 Å². The molecule has 20 heavy (non-hydrogen) atoms. The maximum atomic E-state index is 11.7. The van der Waals surface area contributed by atoms with Gasteiger partial charge in [0.25, 0.3) is 0 Å². The second-order valence-corrected chi connectivity index (χ2v) is 4.42. The molecule has 1 aromatic carbocycles. The summed E-state index contributed by atoms with van der Waals surface area (Å²) in [4.78, 5) is 34.4. The molecular weight excluding hydrogens is 266 g/mol. The van der Waals surface area contributed by atoms with Crippen LogP contribution in [-0.4, -0.2) is 45.7 Å². The third-order valence-corrected chi connectivity index (χ3v) is 3.12. The zero-order valence-corrected chi connectivity index (χ0v) is 10.4. The molecule has 1 aromatic rings. The van der Waals surface area contributed by atoms with E-state index in [1.54, 1.807) is 24.3 Å². The highest BCUT2D eigenvalue weighted by Gasteiger charge is 2.51. The number of carboxylic acids is 2. The van der Waals surface area contributed by atoms with E-state index < -0.39 is 30.0 Å². The SMILES string of the molecule is O=C(O)[C@@H]1[C@H](C(=O)O)CN1C(=O)OCc1ccccc1. The molecule has 1 heterocycles. The number of carbonyl (C=O) groups excluding carboxylic acids is 1. The fraction of sp³-hybridized carbons (Fsp3) is 0.308. The highest BCUT2D eigenvalue weighted by Crippen LogP contribution is 2.26. The van der Waals surface area contributed by atoms with Crippen LogP contribution in [0.3, 0.4) is 0 Å². The first-order valence-corrected chi connectivity index (χ1v) is 5.93. The van der Waals surface area contributed by atoms with E-state index in [1.807, 2.05) is 6.07 Å². The predicted octanol–water partition coefficient (Wildman–Crippen LogP) is 0.793. The average Bonchev–Trinajstić information content (AvgIpc) is 2.35. The summed E-state index contributed by atoms with van der Waals surface area (Å²) >= 11 is 0. The lowest BCUT2D eigenvalue weighted by atomic mass is 9.89. The number of aliphatic carboxylic acids is 2. The minimum Gasteiger partial charge on any atom is -0.481 e. The number of carbonyl (C=O) groups is 3. The topological polar surface area (TPSA) is 104 Å². The summed E-state index contributed by atoms with van der Waals surface area (Å²) in [5.41, 5.74) is 0.767. The van der Waals surface area contributed by atoms with Crippen molar-refractivity contribution in [2.45, 2.75) is 12.6 Å². The quantitative estimate of drug-likeness (QED) is 0.844. The first-order valence-electron chi connectivity index (χ1n) is 5.93. The molecule has 0 unspecified atom stereocenters. The van der Waals surface area contributed by atoms with Crippen molar-refractivity contribution in [3.63, 3.8) is 0 Å². The van der Waals surface area contributed by atoms with Gasteiger partial charge in [-0.15, -0.1) is 0 Å². The Morgan fingerprint density at radius 3 is 2.35 bits per heavy atom. The Labute approximate surface area is 114 Å². The van der Waals surface area contributed by atoms with E-state index in [0.717, 1.165) is 10.5 Å². The van der Waals surface area contributed by atoms with Crippen LogP contribution in [0.4, 0.5) is 4.79 Å². The minimum absolute atomic E-state index is 0.0141. The molecule has 2 rings (SSSR count). The Hall–Kier alpha value is -2.57. The molecule has 1 amide bonds. The van der Waals surface area contributed by atoms with Gasteiger partial charge in [-0.1, -0.05) is 30.3 Å². The van der Waals surface area contributed by atoms with E-state index in [4.69, 9.17) is 14.9 Å².